The Hall–Kier alpha value is -1.85. The van der Waals surface area contributed by atoms with Crippen LogP contribution in [0.5, 0.6) is 0 Å². The van der Waals surface area contributed by atoms with Crippen molar-refractivity contribution in [2.45, 2.75) is 85.0 Å². The SMILES string of the molecule is CC(=O)OC1CC(C(C)C)=CC2C(CCC2(C)OC(C)=O)C1(C)OC(C)=O. The maximum atomic E-state index is 11.9. The van der Waals surface area contributed by atoms with Crippen molar-refractivity contribution in [3.8, 4) is 0 Å². The van der Waals surface area contributed by atoms with Gasteiger partial charge in [-0.2, -0.15) is 0 Å². The lowest BCUT2D eigenvalue weighted by Crippen LogP contribution is -2.53. The van der Waals surface area contributed by atoms with E-state index in [0.29, 0.717) is 19.3 Å². The smallest absolute Gasteiger partial charge is 0.303 e. The number of rotatable bonds is 4. The van der Waals surface area contributed by atoms with Gasteiger partial charge in [-0.15, -0.1) is 0 Å². The average Bonchev–Trinajstić information content (AvgIpc) is 2.74. The quantitative estimate of drug-likeness (QED) is 0.421. The number of ether oxygens (including phenoxy) is 3. The van der Waals surface area contributed by atoms with E-state index in [9.17, 15) is 14.4 Å². The maximum Gasteiger partial charge on any atom is 0.303 e. The molecule has 0 radical (unpaired) electrons. The van der Waals surface area contributed by atoms with E-state index in [4.69, 9.17) is 14.2 Å². The van der Waals surface area contributed by atoms with Gasteiger partial charge in [0.2, 0.25) is 0 Å². The first-order chi connectivity index (χ1) is 12.4. The second kappa shape index (κ2) is 7.64. The van der Waals surface area contributed by atoms with Crippen molar-refractivity contribution in [2.24, 2.45) is 17.8 Å². The minimum absolute atomic E-state index is 0.119. The molecule has 0 spiro atoms. The van der Waals surface area contributed by atoms with Crippen molar-refractivity contribution in [1.82, 2.24) is 0 Å². The number of hydrogen-bond donors (Lipinski definition) is 0. The molecule has 0 amide bonds. The molecule has 1 fully saturated rings. The van der Waals surface area contributed by atoms with Gasteiger partial charge >= 0.3 is 17.9 Å². The van der Waals surface area contributed by atoms with Crippen LogP contribution >= 0.6 is 0 Å². The largest absolute Gasteiger partial charge is 0.459 e. The fourth-order valence-electron chi connectivity index (χ4n) is 4.79. The van der Waals surface area contributed by atoms with Crippen LogP contribution in [-0.4, -0.2) is 35.2 Å². The lowest BCUT2D eigenvalue weighted by atomic mass is 9.76. The summed E-state index contributed by atoms with van der Waals surface area (Å²) >= 11 is 0. The van der Waals surface area contributed by atoms with Crippen LogP contribution in [0.25, 0.3) is 0 Å². The van der Waals surface area contributed by atoms with Gasteiger partial charge in [-0.05, 0) is 32.6 Å². The summed E-state index contributed by atoms with van der Waals surface area (Å²) in [5.74, 6) is -1.16. The van der Waals surface area contributed by atoms with Crippen LogP contribution in [0, 0.1) is 17.8 Å². The molecular formula is C21H32O6. The summed E-state index contributed by atoms with van der Waals surface area (Å²) in [6, 6.07) is 0. The third kappa shape index (κ3) is 4.36. The van der Waals surface area contributed by atoms with E-state index < -0.39 is 29.2 Å². The highest BCUT2D eigenvalue weighted by molar-refractivity contribution is 5.68. The third-order valence-electron chi connectivity index (χ3n) is 6.07. The molecular weight excluding hydrogens is 348 g/mol. The fourth-order valence-corrected chi connectivity index (χ4v) is 4.79. The van der Waals surface area contributed by atoms with Gasteiger partial charge in [0, 0.05) is 39.0 Å². The van der Waals surface area contributed by atoms with Crippen LogP contribution in [0.3, 0.4) is 0 Å². The van der Waals surface area contributed by atoms with Crippen LogP contribution in [0.2, 0.25) is 0 Å². The molecule has 0 aromatic carbocycles. The fraction of sp³-hybridized carbons (Fsp3) is 0.762. The Morgan fingerprint density at radius 2 is 1.63 bits per heavy atom. The van der Waals surface area contributed by atoms with Crippen LogP contribution in [-0.2, 0) is 28.6 Å². The van der Waals surface area contributed by atoms with Crippen molar-refractivity contribution in [2.75, 3.05) is 0 Å². The van der Waals surface area contributed by atoms with E-state index in [1.165, 1.54) is 20.8 Å². The second-order valence-electron chi connectivity index (χ2n) is 8.55. The summed E-state index contributed by atoms with van der Waals surface area (Å²) in [6.07, 6.45) is 3.44. The van der Waals surface area contributed by atoms with Crippen LogP contribution in [0.1, 0.15) is 67.7 Å². The molecule has 0 aliphatic heterocycles. The van der Waals surface area contributed by atoms with Crippen molar-refractivity contribution >= 4 is 17.9 Å². The Bertz CT molecular complexity index is 651. The first kappa shape index (κ1) is 21.5. The first-order valence-electron chi connectivity index (χ1n) is 9.66. The van der Waals surface area contributed by atoms with Crippen molar-refractivity contribution in [1.29, 1.82) is 0 Å². The summed E-state index contributed by atoms with van der Waals surface area (Å²) in [6.45, 7) is 12.1. The summed E-state index contributed by atoms with van der Waals surface area (Å²) in [7, 11) is 0. The highest BCUT2D eigenvalue weighted by Gasteiger charge is 2.59. The minimum Gasteiger partial charge on any atom is -0.459 e. The maximum absolute atomic E-state index is 11.9. The zero-order chi connectivity index (χ0) is 20.6. The monoisotopic (exact) mass is 380 g/mol. The van der Waals surface area contributed by atoms with E-state index >= 15 is 0 Å². The highest BCUT2D eigenvalue weighted by Crippen LogP contribution is 2.54. The molecule has 5 unspecified atom stereocenters. The number of hydrogen-bond acceptors (Lipinski definition) is 6. The summed E-state index contributed by atoms with van der Waals surface area (Å²) in [5, 5.41) is 0. The van der Waals surface area contributed by atoms with Gasteiger partial charge in [-0.1, -0.05) is 25.5 Å². The van der Waals surface area contributed by atoms with E-state index in [1.807, 2.05) is 13.8 Å². The predicted octanol–water partition coefficient (Wildman–Crippen LogP) is 3.57. The molecule has 2 rings (SSSR count). The molecule has 0 aromatic heterocycles. The molecule has 5 atom stereocenters. The van der Waals surface area contributed by atoms with E-state index in [-0.39, 0.29) is 23.7 Å². The number of esters is 3. The zero-order valence-electron chi connectivity index (χ0n) is 17.5. The Morgan fingerprint density at radius 3 is 2.11 bits per heavy atom. The van der Waals surface area contributed by atoms with E-state index in [0.717, 1.165) is 5.57 Å². The first-order valence-corrected chi connectivity index (χ1v) is 9.66. The lowest BCUT2D eigenvalue weighted by molar-refractivity contribution is -0.194. The number of carbonyl (C=O) groups is 3. The molecule has 0 bridgehead atoms. The van der Waals surface area contributed by atoms with Crippen molar-refractivity contribution in [3.05, 3.63) is 11.6 Å². The van der Waals surface area contributed by atoms with Crippen molar-refractivity contribution in [3.63, 3.8) is 0 Å². The van der Waals surface area contributed by atoms with E-state index in [2.05, 4.69) is 19.9 Å². The highest BCUT2D eigenvalue weighted by atomic mass is 16.6. The summed E-state index contributed by atoms with van der Waals surface area (Å²) in [4.78, 5) is 35.5. The Kier molecular flexibility index (Phi) is 6.07. The standard InChI is InChI=1S/C21H32O6/c1-12(2)16-10-18-17(8-9-20(18,6)26-14(4)23)21(7,27-15(5)24)19(11-16)25-13(3)22/h10,12,17-19H,8-9,11H2,1-7H3. The Balaban J connectivity index is 2.57. The second-order valence-corrected chi connectivity index (χ2v) is 8.55. The molecule has 27 heavy (non-hydrogen) atoms. The molecule has 0 N–H and O–H groups in total. The molecule has 0 heterocycles. The minimum atomic E-state index is -0.993. The summed E-state index contributed by atoms with van der Waals surface area (Å²) in [5.41, 5.74) is -0.552. The molecule has 1 saturated carbocycles. The molecule has 152 valence electrons. The van der Waals surface area contributed by atoms with Gasteiger partial charge in [0.15, 0.2) is 0 Å². The van der Waals surface area contributed by atoms with Crippen LogP contribution in [0.15, 0.2) is 11.6 Å². The Morgan fingerprint density at radius 1 is 1.04 bits per heavy atom. The molecule has 6 nitrogen and oxygen atoms in total. The predicted molar refractivity (Wildman–Crippen MR) is 99.6 cm³/mol. The van der Waals surface area contributed by atoms with Crippen LogP contribution < -0.4 is 0 Å². The van der Waals surface area contributed by atoms with Gasteiger partial charge in [0.1, 0.15) is 17.3 Å². The molecule has 2 aliphatic carbocycles. The molecule has 2 aliphatic rings. The average molecular weight is 380 g/mol. The third-order valence-corrected chi connectivity index (χ3v) is 6.07. The van der Waals surface area contributed by atoms with E-state index in [1.54, 1.807) is 0 Å². The topological polar surface area (TPSA) is 78.9 Å². The summed E-state index contributed by atoms with van der Waals surface area (Å²) < 4.78 is 17.2. The van der Waals surface area contributed by atoms with Crippen molar-refractivity contribution < 1.29 is 28.6 Å². The Labute approximate surface area is 161 Å². The number of carbonyl (C=O) groups excluding carboxylic acids is 3. The zero-order valence-corrected chi connectivity index (χ0v) is 17.5. The van der Waals surface area contributed by atoms with Crippen LogP contribution in [0.4, 0.5) is 0 Å². The van der Waals surface area contributed by atoms with Gasteiger partial charge in [0.25, 0.3) is 0 Å². The van der Waals surface area contributed by atoms with Gasteiger partial charge in [0.05, 0.1) is 0 Å². The number of fused-ring (bicyclic) bond motifs is 1. The van der Waals surface area contributed by atoms with Gasteiger partial charge < -0.3 is 14.2 Å². The molecule has 0 aromatic rings. The van der Waals surface area contributed by atoms with Gasteiger partial charge in [-0.25, -0.2) is 0 Å². The normalized spacial score (nSPS) is 35.7. The lowest BCUT2D eigenvalue weighted by Gasteiger charge is -2.42. The molecule has 0 saturated heterocycles. The van der Waals surface area contributed by atoms with Gasteiger partial charge in [-0.3, -0.25) is 14.4 Å². The molecule has 6 heteroatoms.